The first-order chi connectivity index (χ1) is 23.1. The molecule has 0 radical (unpaired) electrons. The number of carbonyl (C=O) groups excluding carboxylic acids is 1. The van der Waals surface area contributed by atoms with Crippen LogP contribution >= 0.6 is 15.9 Å². The van der Waals surface area contributed by atoms with E-state index in [1.54, 1.807) is 0 Å². The molecule has 2 amide bonds. The summed E-state index contributed by atoms with van der Waals surface area (Å²) in [6.07, 6.45) is 0. The van der Waals surface area contributed by atoms with Crippen molar-refractivity contribution in [3.63, 3.8) is 0 Å². The SMILES string of the molecule is O=C(NC(c1ccccc1)(c1ccccc1)c1ccccc1)N[C@](c1ccccc1)(c1cccc(Br)c1)c1ccc2ccccc2c1. The number of benzene rings is 7. The lowest BCUT2D eigenvalue weighted by molar-refractivity contribution is 0.227. The maximum absolute atomic E-state index is 15.0. The number of fused-ring (bicyclic) bond motifs is 1. The zero-order valence-electron chi connectivity index (χ0n) is 25.7. The molecule has 7 aromatic rings. The number of amides is 2. The number of carbonyl (C=O) groups is 1. The van der Waals surface area contributed by atoms with Crippen molar-refractivity contribution in [2.24, 2.45) is 0 Å². The lowest BCUT2D eigenvalue weighted by Gasteiger charge is -2.41. The summed E-state index contributed by atoms with van der Waals surface area (Å²) in [5, 5.41) is 9.32. The molecule has 0 spiro atoms. The van der Waals surface area contributed by atoms with E-state index in [-0.39, 0.29) is 6.03 Å². The van der Waals surface area contributed by atoms with E-state index in [4.69, 9.17) is 0 Å². The summed E-state index contributed by atoms with van der Waals surface area (Å²) < 4.78 is 0.922. The van der Waals surface area contributed by atoms with Gasteiger partial charge in [-0.3, -0.25) is 0 Å². The van der Waals surface area contributed by atoms with Gasteiger partial charge in [0.2, 0.25) is 0 Å². The molecule has 1 atom stereocenters. The Morgan fingerprint density at radius 3 is 1.23 bits per heavy atom. The predicted octanol–water partition coefficient (Wildman–Crippen LogP) is 10.2. The zero-order valence-corrected chi connectivity index (χ0v) is 27.3. The van der Waals surface area contributed by atoms with Gasteiger partial charge in [-0.15, -0.1) is 0 Å². The summed E-state index contributed by atoms with van der Waals surface area (Å²) in [5.41, 5.74) is 3.62. The van der Waals surface area contributed by atoms with Gasteiger partial charge in [0.25, 0.3) is 0 Å². The zero-order chi connectivity index (χ0) is 32.1. The van der Waals surface area contributed by atoms with Crippen LogP contribution in [0.3, 0.4) is 0 Å². The molecule has 0 saturated heterocycles. The molecule has 7 aromatic carbocycles. The average Bonchev–Trinajstić information content (AvgIpc) is 3.14. The van der Waals surface area contributed by atoms with Crippen LogP contribution in [0.25, 0.3) is 10.8 Å². The van der Waals surface area contributed by atoms with Gasteiger partial charge in [0, 0.05) is 4.47 Å². The molecule has 0 aromatic heterocycles. The first-order valence-electron chi connectivity index (χ1n) is 15.7. The number of halogens is 1. The normalized spacial score (nSPS) is 12.6. The Hall–Kier alpha value is -5.45. The lowest BCUT2D eigenvalue weighted by Crippen LogP contribution is -2.57. The van der Waals surface area contributed by atoms with Crippen molar-refractivity contribution in [2.75, 3.05) is 0 Å². The number of hydrogen-bond donors (Lipinski definition) is 2. The highest BCUT2D eigenvalue weighted by Gasteiger charge is 2.42. The van der Waals surface area contributed by atoms with Crippen LogP contribution < -0.4 is 10.6 Å². The molecule has 0 aliphatic rings. The highest BCUT2D eigenvalue weighted by atomic mass is 79.9. The van der Waals surface area contributed by atoms with E-state index in [2.05, 4.69) is 118 Å². The number of hydrogen-bond acceptors (Lipinski definition) is 1. The first kappa shape index (κ1) is 30.2. The Kier molecular flexibility index (Phi) is 8.43. The van der Waals surface area contributed by atoms with E-state index in [1.165, 1.54) is 0 Å². The highest BCUT2D eigenvalue weighted by Crippen LogP contribution is 2.41. The third kappa shape index (κ3) is 5.73. The van der Waals surface area contributed by atoms with Crippen molar-refractivity contribution >= 4 is 32.7 Å². The van der Waals surface area contributed by atoms with Crippen LogP contribution in [0.15, 0.2) is 193 Å². The highest BCUT2D eigenvalue weighted by molar-refractivity contribution is 9.10. The topological polar surface area (TPSA) is 41.1 Å². The van der Waals surface area contributed by atoms with Crippen LogP contribution in [0, 0.1) is 0 Å². The summed E-state index contributed by atoms with van der Waals surface area (Å²) in [6.45, 7) is 0. The number of rotatable bonds is 8. The second kappa shape index (κ2) is 13.1. The molecule has 3 nitrogen and oxygen atoms in total. The van der Waals surface area contributed by atoms with E-state index >= 15 is 4.79 Å². The van der Waals surface area contributed by atoms with Crippen molar-refractivity contribution in [3.8, 4) is 0 Å². The predicted molar refractivity (Wildman–Crippen MR) is 195 cm³/mol. The van der Waals surface area contributed by atoms with Crippen molar-refractivity contribution in [3.05, 3.63) is 226 Å². The molecule has 0 aliphatic carbocycles. The molecule has 0 bridgehead atoms. The van der Waals surface area contributed by atoms with Crippen molar-refractivity contribution in [1.82, 2.24) is 10.6 Å². The van der Waals surface area contributed by atoms with Crippen molar-refractivity contribution in [2.45, 2.75) is 11.1 Å². The molecule has 2 N–H and O–H groups in total. The summed E-state index contributed by atoms with van der Waals surface area (Å²) >= 11 is 3.72. The molecule has 0 saturated carbocycles. The van der Waals surface area contributed by atoms with E-state index in [1.807, 2.05) is 97.1 Å². The second-order valence-corrected chi connectivity index (χ2v) is 12.5. The van der Waals surface area contributed by atoms with Gasteiger partial charge >= 0.3 is 6.03 Å². The van der Waals surface area contributed by atoms with Crippen LogP contribution in [0.2, 0.25) is 0 Å². The molecule has 0 unspecified atom stereocenters. The molecule has 4 heteroatoms. The number of nitrogens with one attached hydrogen (secondary N) is 2. The maximum atomic E-state index is 15.0. The molecule has 47 heavy (non-hydrogen) atoms. The van der Waals surface area contributed by atoms with Gasteiger partial charge in [0.15, 0.2) is 0 Å². The maximum Gasteiger partial charge on any atom is 0.317 e. The van der Waals surface area contributed by atoms with E-state index in [9.17, 15) is 0 Å². The van der Waals surface area contributed by atoms with Gasteiger partial charge in [0.05, 0.1) is 0 Å². The van der Waals surface area contributed by atoms with Crippen LogP contribution in [-0.4, -0.2) is 6.03 Å². The van der Waals surface area contributed by atoms with Crippen molar-refractivity contribution < 1.29 is 4.79 Å². The Morgan fingerprint density at radius 2 is 0.766 bits per heavy atom. The Labute approximate surface area is 284 Å². The fraction of sp³-hybridized carbons (Fsp3) is 0.0465. The van der Waals surface area contributed by atoms with Gasteiger partial charge in [-0.05, 0) is 62.4 Å². The van der Waals surface area contributed by atoms with Crippen molar-refractivity contribution in [1.29, 1.82) is 0 Å². The number of urea groups is 1. The van der Waals surface area contributed by atoms with Gasteiger partial charge in [-0.1, -0.05) is 186 Å². The monoisotopic (exact) mass is 672 g/mol. The summed E-state index contributed by atoms with van der Waals surface area (Å²) in [4.78, 5) is 15.0. The van der Waals surface area contributed by atoms with Gasteiger partial charge in [-0.25, -0.2) is 4.79 Å². The van der Waals surface area contributed by atoms with Crippen LogP contribution in [-0.2, 0) is 11.1 Å². The molecule has 7 rings (SSSR count). The van der Waals surface area contributed by atoms with Crippen LogP contribution in [0.5, 0.6) is 0 Å². The fourth-order valence-corrected chi connectivity index (χ4v) is 7.10. The average molecular weight is 674 g/mol. The van der Waals surface area contributed by atoms with Gasteiger partial charge < -0.3 is 10.6 Å². The van der Waals surface area contributed by atoms with Crippen LogP contribution in [0.4, 0.5) is 4.79 Å². The summed E-state index contributed by atoms with van der Waals surface area (Å²) in [6, 6.07) is 63.3. The van der Waals surface area contributed by atoms with E-state index in [0.717, 1.165) is 48.6 Å². The molecular formula is C43H33BrN2O. The Morgan fingerprint density at radius 1 is 0.383 bits per heavy atom. The largest absolute Gasteiger partial charge is 0.320 e. The summed E-state index contributed by atoms with van der Waals surface area (Å²) in [5.74, 6) is 0. The molecular weight excluding hydrogens is 640 g/mol. The Balaban J connectivity index is 1.46. The minimum absolute atomic E-state index is 0.321. The molecule has 0 heterocycles. The standard InChI is InChI=1S/C43H33BrN2O/c44-40-27-15-26-38(31-40)43(37-24-11-4-12-25-37,39-29-28-32-16-13-14-17-33(32)30-39)46-41(47)45-42(34-18-5-1-6-19-34,35-20-7-2-8-21-35)36-22-9-3-10-23-36/h1-31H,(H2,45,46,47)/t43-/m1/s1. The molecule has 0 aliphatic heterocycles. The lowest BCUT2D eigenvalue weighted by atomic mass is 9.75. The smallest absolute Gasteiger partial charge is 0.317 e. The fourth-order valence-electron chi connectivity index (χ4n) is 6.70. The quantitative estimate of drug-likeness (QED) is 0.155. The third-order valence-corrected chi connectivity index (χ3v) is 9.36. The van der Waals surface area contributed by atoms with Gasteiger partial charge in [0.1, 0.15) is 11.1 Å². The molecule has 0 fully saturated rings. The van der Waals surface area contributed by atoms with E-state index < -0.39 is 11.1 Å². The second-order valence-electron chi connectivity index (χ2n) is 11.6. The Bertz CT molecular complexity index is 2020. The molecule has 228 valence electrons. The van der Waals surface area contributed by atoms with Gasteiger partial charge in [-0.2, -0.15) is 0 Å². The van der Waals surface area contributed by atoms with Crippen LogP contribution in [0.1, 0.15) is 33.4 Å². The third-order valence-electron chi connectivity index (χ3n) is 8.87. The summed E-state index contributed by atoms with van der Waals surface area (Å²) in [7, 11) is 0. The minimum atomic E-state index is -1.05. The first-order valence-corrected chi connectivity index (χ1v) is 16.5. The van der Waals surface area contributed by atoms with E-state index in [0.29, 0.717) is 0 Å². The minimum Gasteiger partial charge on any atom is -0.320 e.